The summed E-state index contributed by atoms with van der Waals surface area (Å²) in [6, 6.07) is 21.2. The zero-order valence-corrected chi connectivity index (χ0v) is 19.4. The molecule has 0 saturated carbocycles. The molecule has 1 saturated heterocycles. The number of esters is 1. The van der Waals surface area contributed by atoms with Gasteiger partial charge in [0.2, 0.25) is 0 Å². The van der Waals surface area contributed by atoms with Crippen LogP contribution in [0.5, 0.6) is 0 Å². The fourth-order valence-corrected chi connectivity index (χ4v) is 4.63. The first kappa shape index (κ1) is 21.8. The monoisotopic (exact) mass is 469 g/mol. The van der Waals surface area contributed by atoms with E-state index in [2.05, 4.69) is 30.8 Å². The molecule has 1 aromatic carbocycles. The number of ether oxygens (including phenoxy) is 1. The van der Waals surface area contributed by atoms with Crippen LogP contribution >= 0.6 is 12.2 Å². The number of pyridine rings is 2. The lowest BCUT2D eigenvalue weighted by Crippen LogP contribution is -2.30. The van der Waals surface area contributed by atoms with Gasteiger partial charge >= 0.3 is 5.97 Å². The molecule has 0 radical (unpaired) electrons. The van der Waals surface area contributed by atoms with E-state index in [9.17, 15) is 4.79 Å². The maximum atomic E-state index is 11.9. The molecule has 0 aliphatic carbocycles. The second-order valence-electron chi connectivity index (χ2n) is 7.95. The van der Waals surface area contributed by atoms with Gasteiger partial charge in [-0.1, -0.05) is 6.07 Å². The molecule has 0 spiro atoms. The van der Waals surface area contributed by atoms with Crippen LogP contribution < -0.4 is 5.32 Å². The van der Waals surface area contributed by atoms with Crippen LogP contribution in [0, 0.1) is 0 Å². The van der Waals surface area contributed by atoms with E-state index >= 15 is 0 Å². The lowest BCUT2D eigenvalue weighted by molar-refractivity contribution is 0.0600. The van der Waals surface area contributed by atoms with Crippen molar-refractivity contribution in [3.05, 3.63) is 114 Å². The second-order valence-corrected chi connectivity index (χ2v) is 8.34. The van der Waals surface area contributed by atoms with Gasteiger partial charge in [0.05, 0.1) is 30.5 Å². The van der Waals surface area contributed by atoms with Crippen molar-refractivity contribution in [2.24, 2.45) is 0 Å². The zero-order chi connectivity index (χ0) is 23.5. The van der Waals surface area contributed by atoms with Crippen molar-refractivity contribution in [3.63, 3.8) is 0 Å². The third-order valence-electron chi connectivity index (χ3n) is 5.95. The highest BCUT2D eigenvalue weighted by Crippen LogP contribution is 2.40. The SMILES string of the molecule is COC(=O)c1ccc(-n2cccc2C2C(c3ccccn3)NC(=S)N2Cc2ccncc2)cc1. The standard InChI is InChI=1S/C26H23N5O2S/c1-33-25(32)19-7-9-20(10-8-19)30-16-4-6-22(30)24-23(21-5-2-3-13-28-21)29-26(34)31(24)17-18-11-14-27-15-12-18/h2-16,23-24H,17H2,1H3,(H,29,34). The maximum Gasteiger partial charge on any atom is 0.337 e. The molecule has 8 heteroatoms. The van der Waals surface area contributed by atoms with Crippen LogP contribution in [0.1, 0.15) is 39.4 Å². The second kappa shape index (κ2) is 9.44. The zero-order valence-electron chi connectivity index (χ0n) is 18.5. The summed E-state index contributed by atoms with van der Waals surface area (Å²) in [7, 11) is 1.38. The summed E-state index contributed by atoms with van der Waals surface area (Å²) in [4.78, 5) is 22.8. The Kier molecular flexibility index (Phi) is 6.05. The van der Waals surface area contributed by atoms with Crippen LogP contribution in [-0.2, 0) is 11.3 Å². The Balaban J connectivity index is 1.56. The molecule has 3 aromatic heterocycles. The number of methoxy groups -OCH3 is 1. The van der Waals surface area contributed by atoms with Gasteiger partial charge in [0.15, 0.2) is 5.11 Å². The molecule has 4 aromatic rings. The summed E-state index contributed by atoms with van der Waals surface area (Å²) in [5.74, 6) is -0.358. The van der Waals surface area contributed by atoms with E-state index in [1.165, 1.54) is 7.11 Å². The highest BCUT2D eigenvalue weighted by Gasteiger charge is 2.41. The number of hydrogen-bond acceptors (Lipinski definition) is 5. The molecule has 2 unspecified atom stereocenters. The Morgan fingerprint density at radius 3 is 2.53 bits per heavy atom. The minimum absolute atomic E-state index is 0.106. The summed E-state index contributed by atoms with van der Waals surface area (Å²) in [6.07, 6.45) is 7.40. The number of aromatic nitrogens is 3. The Bertz CT molecular complexity index is 1290. The fourth-order valence-electron chi connectivity index (χ4n) is 4.33. The van der Waals surface area contributed by atoms with E-state index in [1.54, 1.807) is 30.7 Å². The Morgan fingerprint density at radius 2 is 1.82 bits per heavy atom. The van der Waals surface area contributed by atoms with Crippen LogP contribution in [0.15, 0.2) is 91.5 Å². The molecule has 1 aliphatic heterocycles. The topological polar surface area (TPSA) is 72.3 Å². The lowest BCUT2D eigenvalue weighted by Gasteiger charge is -2.29. The van der Waals surface area contributed by atoms with Gasteiger partial charge in [-0.3, -0.25) is 9.97 Å². The Labute approximate surface area is 203 Å². The molecule has 1 aliphatic rings. The summed E-state index contributed by atoms with van der Waals surface area (Å²) in [6.45, 7) is 0.634. The highest BCUT2D eigenvalue weighted by atomic mass is 32.1. The van der Waals surface area contributed by atoms with Crippen LogP contribution in [0.3, 0.4) is 0 Å². The van der Waals surface area contributed by atoms with Crippen molar-refractivity contribution in [2.45, 2.75) is 18.6 Å². The third kappa shape index (κ3) is 4.15. The van der Waals surface area contributed by atoms with E-state index in [-0.39, 0.29) is 18.1 Å². The lowest BCUT2D eigenvalue weighted by atomic mass is 10.0. The minimum Gasteiger partial charge on any atom is -0.465 e. The van der Waals surface area contributed by atoms with Gasteiger partial charge in [-0.15, -0.1) is 0 Å². The maximum absolute atomic E-state index is 11.9. The molecule has 170 valence electrons. The number of carbonyl (C=O) groups is 1. The van der Waals surface area contributed by atoms with Crippen molar-refractivity contribution in [3.8, 4) is 5.69 Å². The van der Waals surface area contributed by atoms with Gasteiger partial charge in [0.1, 0.15) is 0 Å². The van der Waals surface area contributed by atoms with Crippen molar-refractivity contribution in [1.82, 2.24) is 24.8 Å². The number of thiocarbonyl (C=S) groups is 1. The van der Waals surface area contributed by atoms with Gasteiger partial charge in [-0.05, 0) is 78.4 Å². The number of hydrogen-bond donors (Lipinski definition) is 1. The molecular weight excluding hydrogens is 446 g/mol. The fraction of sp³-hybridized carbons (Fsp3) is 0.154. The number of benzene rings is 1. The summed E-state index contributed by atoms with van der Waals surface area (Å²) in [5, 5.41) is 4.17. The first-order valence-electron chi connectivity index (χ1n) is 10.9. The summed E-state index contributed by atoms with van der Waals surface area (Å²) < 4.78 is 6.95. The largest absolute Gasteiger partial charge is 0.465 e. The third-order valence-corrected chi connectivity index (χ3v) is 6.30. The van der Waals surface area contributed by atoms with E-state index < -0.39 is 0 Å². The average Bonchev–Trinajstić information content (AvgIpc) is 3.49. The van der Waals surface area contributed by atoms with Gasteiger partial charge in [-0.25, -0.2) is 4.79 Å². The molecular formula is C26H23N5O2S. The number of nitrogens with zero attached hydrogens (tertiary/aromatic N) is 4. The Morgan fingerprint density at radius 1 is 1.03 bits per heavy atom. The van der Waals surface area contributed by atoms with Crippen LogP contribution in [0.25, 0.3) is 5.69 Å². The minimum atomic E-state index is -0.358. The predicted octanol–water partition coefficient (Wildman–Crippen LogP) is 4.23. The van der Waals surface area contributed by atoms with Crippen molar-refractivity contribution < 1.29 is 9.53 Å². The average molecular weight is 470 g/mol. The van der Waals surface area contributed by atoms with Crippen LogP contribution in [0.2, 0.25) is 0 Å². The molecule has 1 fully saturated rings. The van der Waals surface area contributed by atoms with E-state index in [1.807, 2.05) is 54.7 Å². The number of rotatable bonds is 6. The molecule has 4 heterocycles. The van der Waals surface area contributed by atoms with E-state index in [4.69, 9.17) is 17.0 Å². The highest BCUT2D eigenvalue weighted by molar-refractivity contribution is 7.80. The number of carbonyl (C=O) groups excluding carboxylic acids is 1. The van der Waals surface area contributed by atoms with Crippen molar-refractivity contribution >= 4 is 23.3 Å². The van der Waals surface area contributed by atoms with Gasteiger partial charge in [-0.2, -0.15) is 0 Å². The van der Waals surface area contributed by atoms with Crippen LogP contribution in [0.4, 0.5) is 0 Å². The first-order chi connectivity index (χ1) is 16.7. The molecule has 7 nitrogen and oxygen atoms in total. The molecule has 34 heavy (non-hydrogen) atoms. The normalized spacial score (nSPS) is 17.4. The first-order valence-corrected chi connectivity index (χ1v) is 11.3. The number of nitrogens with one attached hydrogen (secondary N) is 1. The molecule has 0 amide bonds. The van der Waals surface area contributed by atoms with E-state index in [0.717, 1.165) is 22.6 Å². The van der Waals surface area contributed by atoms with Gasteiger partial charge < -0.3 is 19.5 Å². The van der Waals surface area contributed by atoms with Crippen LogP contribution in [-0.4, -0.2) is 37.6 Å². The summed E-state index contributed by atoms with van der Waals surface area (Å²) >= 11 is 5.80. The smallest absolute Gasteiger partial charge is 0.337 e. The molecule has 0 bridgehead atoms. The van der Waals surface area contributed by atoms with Gasteiger partial charge in [0.25, 0.3) is 0 Å². The summed E-state index contributed by atoms with van der Waals surface area (Å²) in [5.41, 5.74) is 4.54. The molecule has 5 rings (SSSR count). The quantitative estimate of drug-likeness (QED) is 0.335. The van der Waals surface area contributed by atoms with Crippen molar-refractivity contribution in [2.75, 3.05) is 7.11 Å². The molecule has 1 N–H and O–H groups in total. The van der Waals surface area contributed by atoms with Gasteiger partial charge in [0, 0.05) is 42.7 Å². The van der Waals surface area contributed by atoms with Crippen molar-refractivity contribution in [1.29, 1.82) is 0 Å². The van der Waals surface area contributed by atoms with E-state index in [0.29, 0.717) is 17.2 Å². The predicted molar refractivity (Wildman–Crippen MR) is 132 cm³/mol. The molecule has 2 atom stereocenters. The Hall–Kier alpha value is -4.04.